The van der Waals surface area contributed by atoms with Gasteiger partial charge in [-0.3, -0.25) is 4.79 Å². The van der Waals surface area contributed by atoms with Gasteiger partial charge >= 0.3 is 0 Å². The maximum absolute atomic E-state index is 9.86. The summed E-state index contributed by atoms with van der Waals surface area (Å²) in [6.07, 6.45) is 3.04. The number of ether oxygens (including phenoxy) is 2. The molecule has 66 valence electrons. The molecular weight excluding hydrogens is 144 g/mol. The largest absolute Gasteiger partial charge is 0.465 e. The highest BCUT2D eigenvalue weighted by Crippen LogP contribution is 2.02. The highest BCUT2D eigenvalue weighted by molar-refractivity contribution is 5.37. The van der Waals surface area contributed by atoms with E-state index in [9.17, 15) is 4.79 Å². The van der Waals surface area contributed by atoms with E-state index in [-0.39, 0.29) is 6.10 Å². The van der Waals surface area contributed by atoms with Crippen LogP contribution in [0.5, 0.6) is 0 Å². The van der Waals surface area contributed by atoms with Gasteiger partial charge in [0.05, 0.1) is 6.10 Å². The zero-order valence-corrected chi connectivity index (χ0v) is 7.21. The van der Waals surface area contributed by atoms with E-state index >= 15 is 0 Å². The second-order valence-corrected chi connectivity index (χ2v) is 2.53. The lowest BCUT2D eigenvalue weighted by Crippen LogP contribution is -2.06. The quantitative estimate of drug-likeness (QED) is 0.416. The summed E-state index contributed by atoms with van der Waals surface area (Å²) in [5.74, 6) is 0. The van der Waals surface area contributed by atoms with Gasteiger partial charge in [0.15, 0.2) is 0 Å². The monoisotopic (exact) mass is 160 g/mol. The number of carbonyl (C=O) groups excluding carboxylic acids is 1. The van der Waals surface area contributed by atoms with E-state index in [1.165, 1.54) is 0 Å². The van der Waals surface area contributed by atoms with Crippen molar-refractivity contribution < 1.29 is 14.3 Å². The Balaban J connectivity index is 3.03. The average molecular weight is 160 g/mol. The van der Waals surface area contributed by atoms with Crippen LogP contribution < -0.4 is 0 Å². The van der Waals surface area contributed by atoms with Gasteiger partial charge in [-0.1, -0.05) is 0 Å². The fourth-order valence-electron chi connectivity index (χ4n) is 0.841. The van der Waals surface area contributed by atoms with Crippen molar-refractivity contribution in [2.24, 2.45) is 0 Å². The lowest BCUT2D eigenvalue weighted by Gasteiger charge is -2.07. The lowest BCUT2D eigenvalue weighted by molar-refractivity contribution is -0.133. The summed E-state index contributed by atoms with van der Waals surface area (Å²) in [6, 6.07) is 0. The van der Waals surface area contributed by atoms with E-state index in [1.54, 1.807) is 7.11 Å². The van der Waals surface area contributed by atoms with Gasteiger partial charge in [-0.25, -0.2) is 0 Å². The normalized spacial score (nSPS) is 12.5. The van der Waals surface area contributed by atoms with Crippen LogP contribution in [-0.4, -0.2) is 26.3 Å². The first-order valence-electron chi connectivity index (χ1n) is 3.89. The Hall–Kier alpha value is -0.570. The van der Waals surface area contributed by atoms with Gasteiger partial charge in [-0.2, -0.15) is 0 Å². The second-order valence-electron chi connectivity index (χ2n) is 2.53. The predicted molar refractivity (Wildman–Crippen MR) is 42.3 cm³/mol. The van der Waals surface area contributed by atoms with E-state index in [0.717, 1.165) is 25.9 Å². The molecule has 0 aromatic rings. The topological polar surface area (TPSA) is 35.5 Å². The molecule has 0 aliphatic rings. The third kappa shape index (κ3) is 7.33. The van der Waals surface area contributed by atoms with Crippen molar-refractivity contribution in [2.75, 3.05) is 13.7 Å². The van der Waals surface area contributed by atoms with Crippen LogP contribution in [0.1, 0.15) is 26.2 Å². The van der Waals surface area contributed by atoms with Crippen LogP contribution >= 0.6 is 0 Å². The van der Waals surface area contributed by atoms with Crippen molar-refractivity contribution >= 4 is 6.47 Å². The standard InChI is InChI=1S/C8H16O3/c1-8(11-7-9)5-3-4-6-10-2/h7-8H,3-6H2,1-2H3. The molecule has 1 unspecified atom stereocenters. The molecule has 0 radical (unpaired) electrons. The van der Waals surface area contributed by atoms with Crippen molar-refractivity contribution in [3.8, 4) is 0 Å². The molecule has 0 aromatic heterocycles. The van der Waals surface area contributed by atoms with Gasteiger partial charge in [0.1, 0.15) is 0 Å². The minimum atomic E-state index is 0.0457. The molecule has 11 heavy (non-hydrogen) atoms. The van der Waals surface area contributed by atoms with E-state index in [0.29, 0.717) is 6.47 Å². The van der Waals surface area contributed by atoms with E-state index in [1.807, 2.05) is 6.92 Å². The Bertz CT molecular complexity index is 93.3. The van der Waals surface area contributed by atoms with Gasteiger partial charge in [-0.05, 0) is 26.2 Å². The van der Waals surface area contributed by atoms with Gasteiger partial charge in [0.25, 0.3) is 6.47 Å². The van der Waals surface area contributed by atoms with Crippen molar-refractivity contribution in [3.05, 3.63) is 0 Å². The first kappa shape index (κ1) is 10.4. The summed E-state index contributed by atoms with van der Waals surface area (Å²) >= 11 is 0. The number of unbranched alkanes of at least 4 members (excludes halogenated alkanes) is 1. The maximum atomic E-state index is 9.86. The predicted octanol–water partition coefficient (Wildman–Crippen LogP) is 1.36. The number of carbonyl (C=O) groups is 1. The third-order valence-electron chi connectivity index (χ3n) is 1.50. The smallest absolute Gasteiger partial charge is 0.293 e. The SMILES string of the molecule is COCCCCC(C)OC=O. The molecule has 0 saturated heterocycles. The highest BCUT2D eigenvalue weighted by atomic mass is 16.5. The zero-order valence-electron chi connectivity index (χ0n) is 7.21. The molecule has 0 aromatic carbocycles. The molecule has 3 nitrogen and oxygen atoms in total. The Morgan fingerprint density at radius 3 is 2.73 bits per heavy atom. The van der Waals surface area contributed by atoms with E-state index in [2.05, 4.69) is 0 Å². The Kier molecular flexibility index (Phi) is 7.15. The molecule has 0 fully saturated rings. The molecule has 0 aliphatic heterocycles. The molecule has 0 rings (SSSR count). The molecule has 0 heterocycles. The number of rotatable bonds is 7. The molecule has 0 aliphatic carbocycles. The van der Waals surface area contributed by atoms with Crippen LogP contribution in [-0.2, 0) is 14.3 Å². The summed E-state index contributed by atoms with van der Waals surface area (Å²) < 4.78 is 9.57. The fourth-order valence-corrected chi connectivity index (χ4v) is 0.841. The molecule has 0 spiro atoms. The Morgan fingerprint density at radius 2 is 2.18 bits per heavy atom. The summed E-state index contributed by atoms with van der Waals surface area (Å²) in [5.41, 5.74) is 0. The van der Waals surface area contributed by atoms with Crippen molar-refractivity contribution in [3.63, 3.8) is 0 Å². The number of hydrogen-bond donors (Lipinski definition) is 0. The molecule has 0 bridgehead atoms. The summed E-state index contributed by atoms with van der Waals surface area (Å²) in [7, 11) is 1.69. The van der Waals surface area contributed by atoms with Crippen LogP contribution in [0, 0.1) is 0 Å². The Labute approximate surface area is 67.7 Å². The summed E-state index contributed by atoms with van der Waals surface area (Å²) in [4.78, 5) is 9.86. The minimum Gasteiger partial charge on any atom is -0.465 e. The van der Waals surface area contributed by atoms with Crippen LogP contribution in [0.25, 0.3) is 0 Å². The molecule has 0 saturated carbocycles. The molecule has 0 amide bonds. The van der Waals surface area contributed by atoms with Crippen molar-refractivity contribution in [1.82, 2.24) is 0 Å². The van der Waals surface area contributed by atoms with Crippen LogP contribution in [0.2, 0.25) is 0 Å². The molecular formula is C8H16O3. The molecule has 1 atom stereocenters. The van der Waals surface area contributed by atoms with Gasteiger partial charge in [0, 0.05) is 13.7 Å². The Morgan fingerprint density at radius 1 is 1.45 bits per heavy atom. The maximum Gasteiger partial charge on any atom is 0.293 e. The lowest BCUT2D eigenvalue weighted by atomic mass is 10.2. The van der Waals surface area contributed by atoms with Gasteiger partial charge in [-0.15, -0.1) is 0 Å². The van der Waals surface area contributed by atoms with Gasteiger partial charge in [0.2, 0.25) is 0 Å². The first-order valence-corrected chi connectivity index (χ1v) is 3.89. The van der Waals surface area contributed by atoms with Crippen LogP contribution in [0.15, 0.2) is 0 Å². The zero-order chi connectivity index (χ0) is 8.53. The van der Waals surface area contributed by atoms with E-state index in [4.69, 9.17) is 9.47 Å². The van der Waals surface area contributed by atoms with Gasteiger partial charge < -0.3 is 9.47 Å². The second kappa shape index (κ2) is 7.54. The minimum absolute atomic E-state index is 0.0457. The number of methoxy groups -OCH3 is 1. The number of hydrogen-bond acceptors (Lipinski definition) is 3. The summed E-state index contributed by atoms with van der Waals surface area (Å²) in [6.45, 7) is 3.18. The average Bonchev–Trinajstić information content (AvgIpc) is 1.99. The third-order valence-corrected chi connectivity index (χ3v) is 1.50. The fraction of sp³-hybridized carbons (Fsp3) is 0.875. The van der Waals surface area contributed by atoms with E-state index < -0.39 is 0 Å². The van der Waals surface area contributed by atoms with Crippen molar-refractivity contribution in [2.45, 2.75) is 32.3 Å². The van der Waals surface area contributed by atoms with Crippen LogP contribution in [0.3, 0.4) is 0 Å². The summed E-state index contributed by atoms with van der Waals surface area (Å²) in [5, 5.41) is 0. The molecule has 3 heteroatoms. The highest BCUT2D eigenvalue weighted by Gasteiger charge is 1.99. The van der Waals surface area contributed by atoms with Crippen molar-refractivity contribution in [1.29, 1.82) is 0 Å². The van der Waals surface area contributed by atoms with Crippen LogP contribution in [0.4, 0.5) is 0 Å². The molecule has 0 N–H and O–H groups in total. The first-order chi connectivity index (χ1) is 5.31.